The zero-order valence-corrected chi connectivity index (χ0v) is 26.5. The average Bonchev–Trinajstić information content (AvgIpc) is 3.41. The van der Waals surface area contributed by atoms with E-state index in [-0.39, 0.29) is 0 Å². The van der Waals surface area contributed by atoms with Crippen LogP contribution in [0.3, 0.4) is 0 Å². The molecule has 1 aromatic heterocycles. The largest absolute Gasteiger partial charge is 0.309 e. The SMILES string of the molecule is CC1c2ccccc2-c2cc(-c3ccc4c(c3)c3ccccc3n4-c3cccc(-c4ccccc4)c3)ccc2CC1c1ccccc1. The zero-order valence-electron chi connectivity index (χ0n) is 26.5. The molecule has 1 aliphatic rings. The van der Waals surface area contributed by atoms with E-state index in [9.17, 15) is 0 Å². The van der Waals surface area contributed by atoms with Crippen molar-refractivity contribution in [3.05, 3.63) is 187 Å². The highest BCUT2D eigenvalue weighted by Crippen LogP contribution is 2.46. The van der Waals surface area contributed by atoms with Crippen molar-refractivity contribution in [2.75, 3.05) is 0 Å². The highest BCUT2D eigenvalue weighted by atomic mass is 15.0. The van der Waals surface area contributed by atoms with Crippen molar-refractivity contribution in [2.45, 2.75) is 25.2 Å². The Balaban J connectivity index is 1.18. The van der Waals surface area contributed by atoms with Crippen LogP contribution in [0.2, 0.25) is 0 Å². The number of para-hydroxylation sites is 1. The molecular formula is C46H35N. The summed E-state index contributed by atoms with van der Waals surface area (Å²) in [5.41, 5.74) is 15.6. The van der Waals surface area contributed by atoms with Crippen LogP contribution < -0.4 is 0 Å². The third-order valence-corrected chi connectivity index (χ3v) is 10.3. The molecule has 1 nitrogen and oxygen atoms in total. The normalized spacial score (nSPS) is 15.7. The van der Waals surface area contributed by atoms with Crippen LogP contribution in [0.25, 0.3) is 60.9 Å². The van der Waals surface area contributed by atoms with Gasteiger partial charge in [-0.1, -0.05) is 140 Å². The van der Waals surface area contributed by atoms with E-state index in [1.165, 1.54) is 77.6 Å². The number of benzene rings is 7. The topological polar surface area (TPSA) is 4.93 Å². The summed E-state index contributed by atoms with van der Waals surface area (Å²) in [5.74, 6) is 0.861. The first-order chi connectivity index (χ1) is 23.2. The first-order valence-corrected chi connectivity index (χ1v) is 16.7. The zero-order chi connectivity index (χ0) is 31.3. The van der Waals surface area contributed by atoms with E-state index in [1.807, 2.05) is 0 Å². The number of nitrogens with zero attached hydrogens (tertiary/aromatic N) is 1. The van der Waals surface area contributed by atoms with Gasteiger partial charge in [0.25, 0.3) is 0 Å². The summed E-state index contributed by atoms with van der Waals surface area (Å²) in [4.78, 5) is 0. The van der Waals surface area contributed by atoms with Crippen LogP contribution in [0.15, 0.2) is 170 Å². The van der Waals surface area contributed by atoms with E-state index in [2.05, 4.69) is 181 Å². The molecule has 1 heteroatoms. The summed E-state index contributed by atoms with van der Waals surface area (Å²) in [6, 6.07) is 62.6. The van der Waals surface area contributed by atoms with Gasteiger partial charge in [-0.05, 0) is 105 Å². The van der Waals surface area contributed by atoms with Gasteiger partial charge in [0.1, 0.15) is 0 Å². The molecule has 8 aromatic rings. The highest BCUT2D eigenvalue weighted by Gasteiger charge is 2.28. The molecule has 0 N–H and O–H groups in total. The van der Waals surface area contributed by atoms with E-state index in [4.69, 9.17) is 0 Å². The van der Waals surface area contributed by atoms with Crippen molar-refractivity contribution in [2.24, 2.45) is 0 Å². The minimum atomic E-state index is 0.423. The molecule has 224 valence electrons. The predicted molar refractivity (Wildman–Crippen MR) is 198 cm³/mol. The second-order valence-electron chi connectivity index (χ2n) is 13.0. The Morgan fingerprint density at radius 1 is 0.468 bits per heavy atom. The second kappa shape index (κ2) is 11.3. The fraction of sp³-hybridized carbons (Fsp3) is 0.0870. The minimum Gasteiger partial charge on any atom is -0.309 e. The molecular weight excluding hydrogens is 567 g/mol. The Morgan fingerprint density at radius 2 is 1.13 bits per heavy atom. The maximum Gasteiger partial charge on any atom is 0.0541 e. The van der Waals surface area contributed by atoms with Gasteiger partial charge in [-0.15, -0.1) is 0 Å². The van der Waals surface area contributed by atoms with Crippen molar-refractivity contribution in [1.29, 1.82) is 0 Å². The van der Waals surface area contributed by atoms with Crippen molar-refractivity contribution < 1.29 is 0 Å². The van der Waals surface area contributed by atoms with Gasteiger partial charge in [0.15, 0.2) is 0 Å². The molecule has 0 aliphatic heterocycles. The van der Waals surface area contributed by atoms with Crippen LogP contribution in [-0.2, 0) is 6.42 Å². The van der Waals surface area contributed by atoms with Crippen LogP contribution in [0.4, 0.5) is 0 Å². The van der Waals surface area contributed by atoms with E-state index < -0.39 is 0 Å². The Labute approximate surface area is 276 Å². The third-order valence-electron chi connectivity index (χ3n) is 10.3. The molecule has 1 aliphatic carbocycles. The smallest absolute Gasteiger partial charge is 0.0541 e. The van der Waals surface area contributed by atoms with Gasteiger partial charge in [0, 0.05) is 16.5 Å². The van der Waals surface area contributed by atoms with E-state index in [0.29, 0.717) is 11.8 Å². The second-order valence-corrected chi connectivity index (χ2v) is 13.0. The molecule has 1 heterocycles. The quantitative estimate of drug-likeness (QED) is 0.189. The fourth-order valence-corrected chi connectivity index (χ4v) is 7.95. The Bertz CT molecular complexity index is 2400. The van der Waals surface area contributed by atoms with Crippen molar-refractivity contribution >= 4 is 21.8 Å². The first-order valence-electron chi connectivity index (χ1n) is 16.7. The summed E-state index contributed by atoms with van der Waals surface area (Å²) in [7, 11) is 0. The molecule has 0 saturated carbocycles. The molecule has 7 aromatic carbocycles. The molecule has 9 rings (SSSR count). The molecule has 0 amide bonds. The number of aromatic nitrogens is 1. The molecule has 0 fully saturated rings. The lowest BCUT2D eigenvalue weighted by Crippen LogP contribution is -2.10. The lowest BCUT2D eigenvalue weighted by atomic mass is 9.80. The average molecular weight is 602 g/mol. The number of fused-ring (bicyclic) bond motifs is 6. The number of rotatable bonds is 4. The Kier molecular flexibility index (Phi) is 6.64. The lowest BCUT2D eigenvalue weighted by Gasteiger charge is -2.23. The summed E-state index contributed by atoms with van der Waals surface area (Å²) >= 11 is 0. The van der Waals surface area contributed by atoms with Crippen molar-refractivity contribution in [3.63, 3.8) is 0 Å². The summed E-state index contributed by atoms with van der Waals surface area (Å²) in [5, 5.41) is 2.55. The molecule has 2 atom stereocenters. The van der Waals surface area contributed by atoms with Gasteiger partial charge >= 0.3 is 0 Å². The van der Waals surface area contributed by atoms with Gasteiger partial charge in [-0.2, -0.15) is 0 Å². The summed E-state index contributed by atoms with van der Waals surface area (Å²) in [6.45, 7) is 2.41. The van der Waals surface area contributed by atoms with Gasteiger partial charge < -0.3 is 4.57 Å². The standard InChI is InChI=1S/C46H35N/c1-31-39-19-8-9-20-40(39)43-28-35(23-24-37(43)30-42(31)33-15-6-3-7-16-33)36-25-26-46-44(29-36)41-21-10-11-22-45(41)47(46)38-18-12-17-34(27-38)32-13-4-2-5-14-32/h2-29,31,42H,30H2,1H3. The lowest BCUT2D eigenvalue weighted by molar-refractivity contribution is 0.579. The fourth-order valence-electron chi connectivity index (χ4n) is 7.95. The number of hydrogen-bond acceptors (Lipinski definition) is 0. The minimum absolute atomic E-state index is 0.423. The van der Waals surface area contributed by atoms with Crippen molar-refractivity contribution in [1.82, 2.24) is 4.57 Å². The van der Waals surface area contributed by atoms with Gasteiger partial charge in [0.05, 0.1) is 11.0 Å². The Morgan fingerprint density at radius 3 is 2.00 bits per heavy atom. The van der Waals surface area contributed by atoms with E-state index >= 15 is 0 Å². The highest BCUT2D eigenvalue weighted by molar-refractivity contribution is 6.10. The van der Waals surface area contributed by atoms with Crippen molar-refractivity contribution in [3.8, 4) is 39.1 Å². The van der Waals surface area contributed by atoms with Crippen LogP contribution in [-0.4, -0.2) is 4.57 Å². The molecule has 0 bridgehead atoms. The van der Waals surface area contributed by atoms with E-state index in [0.717, 1.165) is 6.42 Å². The summed E-state index contributed by atoms with van der Waals surface area (Å²) in [6.07, 6.45) is 1.03. The van der Waals surface area contributed by atoms with Crippen LogP contribution in [0, 0.1) is 0 Å². The number of hydrogen-bond donors (Lipinski definition) is 0. The van der Waals surface area contributed by atoms with Gasteiger partial charge in [-0.25, -0.2) is 0 Å². The first kappa shape index (κ1) is 27.6. The molecule has 0 spiro atoms. The van der Waals surface area contributed by atoms with Crippen LogP contribution >= 0.6 is 0 Å². The molecule has 2 unspecified atom stereocenters. The third kappa shape index (κ3) is 4.70. The molecule has 0 radical (unpaired) electrons. The monoisotopic (exact) mass is 601 g/mol. The van der Waals surface area contributed by atoms with Gasteiger partial charge in [0.2, 0.25) is 0 Å². The predicted octanol–water partition coefficient (Wildman–Crippen LogP) is 12.2. The Hall–Kier alpha value is -5.66. The molecule has 0 saturated heterocycles. The van der Waals surface area contributed by atoms with E-state index in [1.54, 1.807) is 0 Å². The molecule has 47 heavy (non-hydrogen) atoms. The van der Waals surface area contributed by atoms with Crippen LogP contribution in [0.1, 0.15) is 35.4 Å². The summed E-state index contributed by atoms with van der Waals surface area (Å²) < 4.78 is 2.42. The maximum atomic E-state index is 2.44. The van der Waals surface area contributed by atoms with Gasteiger partial charge in [-0.3, -0.25) is 0 Å². The maximum absolute atomic E-state index is 2.44. The van der Waals surface area contributed by atoms with Crippen LogP contribution in [0.5, 0.6) is 0 Å².